The van der Waals surface area contributed by atoms with Crippen molar-refractivity contribution in [1.82, 2.24) is 19.1 Å². The summed E-state index contributed by atoms with van der Waals surface area (Å²) < 4.78 is 8.56. The highest BCUT2D eigenvalue weighted by Gasteiger charge is 2.17. The summed E-state index contributed by atoms with van der Waals surface area (Å²) >= 11 is 0. The van der Waals surface area contributed by atoms with E-state index in [4.69, 9.17) is 4.74 Å². The number of fused-ring (bicyclic) bond motifs is 3. The Balaban J connectivity index is 1.90. The first-order chi connectivity index (χ1) is 14.6. The minimum absolute atomic E-state index is 0.0501. The molecule has 0 atom stereocenters. The van der Waals surface area contributed by atoms with E-state index in [1.807, 2.05) is 44.2 Å². The number of aromatic nitrogens is 3. The minimum atomic E-state index is -0.150. The van der Waals surface area contributed by atoms with Gasteiger partial charge in [0.25, 0.3) is 11.5 Å². The second-order valence-corrected chi connectivity index (χ2v) is 7.05. The van der Waals surface area contributed by atoms with E-state index in [9.17, 15) is 9.59 Å². The molecule has 7 nitrogen and oxygen atoms in total. The van der Waals surface area contributed by atoms with E-state index in [1.54, 1.807) is 45.5 Å². The molecular weight excluding hydrogens is 380 g/mol. The number of benzene rings is 2. The summed E-state index contributed by atoms with van der Waals surface area (Å²) in [6.07, 6.45) is 1.61. The van der Waals surface area contributed by atoms with Gasteiger partial charge in [0.05, 0.1) is 30.9 Å². The lowest BCUT2D eigenvalue weighted by atomic mass is 10.1. The van der Waals surface area contributed by atoms with E-state index >= 15 is 0 Å². The number of methoxy groups -OCH3 is 1. The topological polar surface area (TPSA) is 68.8 Å². The van der Waals surface area contributed by atoms with Crippen LogP contribution in [0.4, 0.5) is 0 Å². The molecule has 0 spiro atoms. The summed E-state index contributed by atoms with van der Waals surface area (Å²) in [5.74, 6) is 0.709. The average molecular weight is 404 g/mol. The second kappa shape index (κ2) is 8.02. The zero-order valence-electron chi connectivity index (χ0n) is 17.3. The van der Waals surface area contributed by atoms with E-state index in [2.05, 4.69) is 5.10 Å². The molecule has 1 amide bonds. The van der Waals surface area contributed by atoms with Crippen LogP contribution in [0.25, 0.3) is 16.6 Å². The third-order valence-electron chi connectivity index (χ3n) is 5.40. The van der Waals surface area contributed by atoms with Crippen LogP contribution >= 0.6 is 0 Å². The Bertz CT molecular complexity index is 1270. The van der Waals surface area contributed by atoms with Crippen LogP contribution in [0.15, 0.2) is 59.5 Å². The molecule has 0 bridgehead atoms. The van der Waals surface area contributed by atoms with Crippen molar-refractivity contribution >= 4 is 22.5 Å². The van der Waals surface area contributed by atoms with Crippen molar-refractivity contribution in [2.24, 2.45) is 0 Å². The van der Waals surface area contributed by atoms with Gasteiger partial charge in [0, 0.05) is 18.7 Å². The Morgan fingerprint density at radius 2 is 1.73 bits per heavy atom. The molecule has 154 valence electrons. The molecule has 0 aliphatic heterocycles. The lowest BCUT2D eigenvalue weighted by Crippen LogP contribution is -2.30. The van der Waals surface area contributed by atoms with Crippen molar-refractivity contribution in [1.29, 1.82) is 0 Å². The molecule has 2 aromatic carbocycles. The van der Waals surface area contributed by atoms with Crippen LogP contribution in [0, 0.1) is 0 Å². The van der Waals surface area contributed by atoms with Crippen LogP contribution in [-0.2, 0) is 6.54 Å². The normalized spacial score (nSPS) is 11.2. The number of hydrogen-bond donors (Lipinski definition) is 0. The Kier molecular flexibility index (Phi) is 5.27. The maximum Gasteiger partial charge on any atom is 0.277 e. The molecule has 2 heterocycles. The zero-order valence-corrected chi connectivity index (χ0v) is 17.3. The standard InChI is InChI=1S/C23H24N4O3/c1-4-25(5-2)22(28)17-8-11-19-21(14-17)26(23(29)20-12-13-24-27(19)20)15-16-6-9-18(30-3)10-7-16/h6-14H,4-5,15H2,1-3H3. The monoisotopic (exact) mass is 404 g/mol. The van der Waals surface area contributed by atoms with Crippen molar-refractivity contribution in [3.05, 3.63) is 76.2 Å². The van der Waals surface area contributed by atoms with Crippen molar-refractivity contribution in [3.8, 4) is 5.75 Å². The van der Waals surface area contributed by atoms with Gasteiger partial charge in [0.2, 0.25) is 0 Å². The molecule has 2 aromatic heterocycles. The number of hydrogen-bond acceptors (Lipinski definition) is 4. The van der Waals surface area contributed by atoms with Crippen LogP contribution < -0.4 is 10.3 Å². The number of carbonyl (C=O) groups is 1. The molecule has 4 aromatic rings. The Labute approximate surface area is 174 Å². The number of carbonyl (C=O) groups excluding carboxylic acids is 1. The van der Waals surface area contributed by atoms with Crippen LogP contribution in [0.2, 0.25) is 0 Å². The first-order valence-electron chi connectivity index (χ1n) is 9.99. The lowest BCUT2D eigenvalue weighted by molar-refractivity contribution is 0.0773. The van der Waals surface area contributed by atoms with Crippen molar-refractivity contribution in [2.45, 2.75) is 20.4 Å². The molecule has 0 radical (unpaired) electrons. The summed E-state index contributed by atoms with van der Waals surface area (Å²) in [6.45, 7) is 5.54. The van der Waals surface area contributed by atoms with Gasteiger partial charge in [-0.05, 0) is 55.8 Å². The summed E-state index contributed by atoms with van der Waals surface area (Å²) in [4.78, 5) is 27.9. The van der Waals surface area contributed by atoms with Gasteiger partial charge in [0.15, 0.2) is 0 Å². The molecule has 0 N–H and O–H groups in total. The van der Waals surface area contributed by atoms with Gasteiger partial charge >= 0.3 is 0 Å². The van der Waals surface area contributed by atoms with Gasteiger partial charge in [-0.2, -0.15) is 5.10 Å². The molecule has 0 saturated carbocycles. The maximum absolute atomic E-state index is 13.2. The first-order valence-corrected chi connectivity index (χ1v) is 9.99. The Hall–Kier alpha value is -3.61. The molecular formula is C23H24N4O3. The van der Waals surface area contributed by atoms with Gasteiger partial charge in [-0.25, -0.2) is 4.52 Å². The molecule has 7 heteroatoms. The third-order valence-corrected chi connectivity index (χ3v) is 5.40. The molecule has 4 rings (SSSR count). The highest BCUT2D eigenvalue weighted by atomic mass is 16.5. The second-order valence-electron chi connectivity index (χ2n) is 7.05. The van der Waals surface area contributed by atoms with Crippen LogP contribution in [-0.4, -0.2) is 45.2 Å². The first kappa shape index (κ1) is 19.7. The molecule has 30 heavy (non-hydrogen) atoms. The predicted octanol–water partition coefficient (Wildman–Crippen LogP) is 3.19. The fourth-order valence-corrected chi connectivity index (χ4v) is 3.72. The summed E-state index contributed by atoms with van der Waals surface area (Å²) in [6, 6.07) is 14.8. The number of ether oxygens (including phenoxy) is 1. The highest BCUT2D eigenvalue weighted by Crippen LogP contribution is 2.20. The summed E-state index contributed by atoms with van der Waals surface area (Å²) in [5.41, 5.74) is 3.32. The fraction of sp³-hybridized carbons (Fsp3) is 0.261. The number of amides is 1. The molecule has 0 unspecified atom stereocenters. The molecule has 0 saturated heterocycles. The van der Waals surface area contributed by atoms with Crippen molar-refractivity contribution in [3.63, 3.8) is 0 Å². The number of rotatable bonds is 6. The van der Waals surface area contributed by atoms with Gasteiger partial charge in [-0.15, -0.1) is 0 Å². The minimum Gasteiger partial charge on any atom is -0.497 e. The lowest BCUT2D eigenvalue weighted by Gasteiger charge is -2.19. The van der Waals surface area contributed by atoms with E-state index in [0.29, 0.717) is 36.2 Å². The number of nitrogens with zero attached hydrogens (tertiary/aromatic N) is 4. The average Bonchev–Trinajstić information content (AvgIpc) is 3.28. The summed E-state index contributed by atoms with van der Waals surface area (Å²) in [7, 11) is 1.62. The van der Waals surface area contributed by atoms with Gasteiger partial charge in [-0.1, -0.05) is 12.1 Å². The molecule has 0 aliphatic carbocycles. The van der Waals surface area contributed by atoms with Crippen LogP contribution in [0.1, 0.15) is 29.8 Å². The smallest absolute Gasteiger partial charge is 0.277 e. The predicted molar refractivity (Wildman–Crippen MR) is 116 cm³/mol. The molecule has 0 aliphatic rings. The highest BCUT2D eigenvalue weighted by molar-refractivity contribution is 5.97. The fourth-order valence-electron chi connectivity index (χ4n) is 3.72. The largest absolute Gasteiger partial charge is 0.497 e. The van der Waals surface area contributed by atoms with E-state index in [0.717, 1.165) is 16.8 Å². The quantitative estimate of drug-likeness (QED) is 0.495. The van der Waals surface area contributed by atoms with Gasteiger partial charge in [0.1, 0.15) is 11.3 Å². The van der Waals surface area contributed by atoms with Crippen LogP contribution in [0.3, 0.4) is 0 Å². The van der Waals surface area contributed by atoms with E-state index in [1.165, 1.54) is 0 Å². The zero-order chi connectivity index (χ0) is 21.3. The van der Waals surface area contributed by atoms with Crippen molar-refractivity contribution < 1.29 is 9.53 Å². The SMILES string of the molecule is CCN(CC)C(=O)c1ccc2c(c1)n(Cc1ccc(OC)cc1)c(=O)c1ccnn12. The van der Waals surface area contributed by atoms with Crippen LogP contribution in [0.5, 0.6) is 5.75 Å². The Morgan fingerprint density at radius 3 is 2.40 bits per heavy atom. The van der Waals surface area contributed by atoms with E-state index in [-0.39, 0.29) is 11.5 Å². The Morgan fingerprint density at radius 1 is 1.00 bits per heavy atom. The van der Waals surface area contributed by atoms with Gasteiger partial charge in [-0.3, -0.25) is 9.59 Å². The van der Waals surface area contributed by atoms with Crippen molar-refractivity contribution in [2.75, 3.05) is 20.2 Å². The van der Waals surface area contributed by atoms with Gasteiger partial charge < -0.3 is 14.2 Å². The molecule has 0 fully saturated rings. The summed E-state index contributed by atoms with van der Waals surface area (Å²) in [5, 5.41) is 4.31. The maximum atomic E-state index is 13.2. The third kappa shape index (κ3) is 3.32. The van der Waals surface area contributed by atoms with E-state index < -0.39 is 0 Å².